The Hall–Kier alpha value is -1.72. The molecule has 0 saturated carbocycles. The topological polar surface area (TPSA) is 50.9 Å². The number of rotatable bonds is 4. The standard InChI is InChI=1S/C14H15N3OS/c1-2-13(18)12-8-17(16-15-12)7-10-9-19-14-6-4-3-5-11(10)14/h3-6,8-9,13,18H,2,7H2,1H3. The highest BCUT2D eigenvalue weighted by atomic mass is 32.1. The Morgan fingerprint density at radius 2 is 2.21 bits per heavy atom. The maximum atomic E-state index is 9.73. The van der Waals surface area contributed by atoms with Gasteiger partial charge in [-0.15, -0.1) is 16.4 Å². The van der Waals surface area contributed by atoms with Crippen LogP contribution in [-0.4, -0.2) is 20.1 Å². The Bertz CT molecular complexity index is 689. The monoisotopic (exact) mass is 273 g/mol. The lowest BCUT2D eigenvalue weighted by Gasteiger charge is -2.01. The first-order valence-corrected chi connectivity index (χ1v) is 7.19. The van der Waals surface area contributed by atoms with Gasteiger partial charge in [-0.2, -0.15) is 0 Å². The number of aliphatic hydroxyl groups excluding tert-OH is 1. The predicted molar refractivity (Wildman–Crippen MR) is 76.2 cm³/mol. The molecule has 0 aliphatic rings. The van der Waals surface area contributed by atoms with Crippen LogP contribution in [0.2, 0.25) is 0 Å². The Labute approximate surface area is 115 Å². The highest BCUT2D eigenvalue weighted by molar-refractivity contribution is 7.17. The maximum absolute atomic E-state index is 9.73. The maximum Gasteiger partial charge on any atom is 0.111 e. The van der Waals surface area contributed by atoms with E-state index in [1.54, 1.807) is 16.0 Å². The van der Waals surface area contributed by atoms with Gasteiger partial charge in [-0.05, 0) is 28.8 Å². The minimum absolute atomic E-state index is 0.520. The first-order valence-electron chi connectivity index (χ1n) is 6.31. The molecule has 19 heavy (non-hydrogen) atoms. The molecular formula is C14H15N3OS. The van der Waals surface area contributed by atoms with E-state index in [-0.39, 0.29) is 0 Å². The third kappa shape index (κ3) is 2.39. The van der Waals surface area contributed by atoms with Crippen molar-refractivity contribution in [2.45, 2.75) is 26.0 Å². The largest absolute Gasteiger partial charge is 0.387 e. The van der Waals surface area contributed by atoms with Crippen molar-refractivity contribution < 1.29 is 5.11 Å². The van der Waals surface area contributed by atoms with Crippen molar-refractivity contribution in [3.8, 4) is 0 Å². The number of aliphatic hydroxyl groups is 1. The van der Waals surface area contributed by atoms with Gasteiger partial charge < -0.3 is 5.11 Å². The van der Waals surface area contributed by atoms with Crippen LogP contribution in [0.3, 0.4) is 0 Å². The van der Waals surface area contributed by atoms with Gasteiger partial charge in [0.05, 0.1) is 18.8 Å². The van der Waals surface area contributed by atoms with Crippen molar-refractivity contribution in [3.63, 3.8) is 0 Å². The summed E-state index contributed by atoms with van der Waals surface area (Å²) in [7, 11) is 0. The first-order chi connectivity index (χ1) is 9.28. The fraction of sp³-hybridized carbons (Fsp3) is 0.286. The van der Waals surface area contributed by atoms with Crippen LogP contribution >= 0.6 is 11.3 Å². The zero-order valence-electron chi connectivity index (χ0n) is 10.7. The van der Waals surface area contributed by atoms with Crippen LogP contribution < -0.4 is 0 Å². The van der Waals surface area contributed by atoms with E-state index >= 15 is 0 Å². The van der Waals surface area contributed by atoms with Gasteiger partial charge in [0, 0.05) is 4.70 Å². The van der Waals surface area contributed by atoms with Crippen molar-refractivity contribution in [2.24, 2.45) is 0 Å². The van der Waals surface area contributed by atoms with E-state index in [1.165, 1.54) is 15.6 Å². The molecule has 0 aliphatic heterocycles. The molecule has 1 unspecified atom stereocenters. The van der Waals surface area contributed by atoms with Crippen molar-refractivity contribution in [1.82, 2.24) is 15.0 Å². The molecule has 1 N–H and O–H groups in total. The van der Waals surface area contributed by atoms with E-state index in [0.29, 0.717) is 18.7 Å². The Morgan fingerprint density at radius 3 is 3.05 bits per heavy atom. The molecule has 0 bridgehead atoms. The first kappa shape index (κ1) is 12.3. The van der Waals surface area contributed by atoms with Crippen LogP contribution in [0.15, 0.2) is 35.8 Å². The van der Waals surface area contributed by atoms with Crippen LogP contribution in [0, 0.1) is 0 Å². The minimum Gasteiger partial charge on any atom is -0.387 e. The molecule has 2 aromatic heterocycles. The summed E-state index contributed by atoms with van der Waals surface area (Å²) < 4.78 is 3.06. The van der Waals surface area contributed by atoms with Crippen molar-refractivity contribution in [1.29, 1.82) is 0 Å². The number of fused-ring (bicyclic) bond motifs is 1. The average Bonchev–Trinajstić information content (AvgIpc) is 3.06. The third-order valence-electron chi connectivity index (χ3n) is 3.18. The van der Waals surface area contributed by atoms with Gasteiger partial charge in [0.15, 0.2) is 0 Å². The summed E-state index contributed by atoms with van der Waals surface area (Å²) in [5.41, 5.74) is 1.88. The van der Waals surface area contributed by atoms with Gasteiger partial charge in [0.1, 0.15) is 5.69 Å². The number of hydrogen-bond donors (Lipinski definition) is 1. The van der Waals surface area contributed by atoms with Crippen LogP contribution in [0.1, 0.15) is 30.7 Å². The van der Waals surface area contributed by atoms with E-state index in [1.807, 2.05) is 25.3 Å². The molecule has 5 heteroatoms. The predicted octanol–water partition coefficient (Wildman–Crippen LogP) is 2.98. The molecule has 1 aromatic carbocycles. The molecular weight excluding hydrogens is 258 g/mol. The van der Waals surface area contributed by atoms with Crippen LogP contribution in [0.25, 0.3) is 10.1 Å². The summed E-state index contributed by atoms with van der Waals surface area (Å²) in [6.07, 6.45) is 1.95. The number of benzene rings is 1. The minimum atomic E-state index is -0.520. The highest BCUT2D eigenvalue weighted by Gasteiger charge is 2.11. The third-order valence-corrected chi connectivity index (χ3v) is 4.19. The van der Waals surface area contributed by atoms with Gasteiger partial charge in [-0.3, -0.25) is 0 Å². The zero-order chi connectivity index (χ0) is 13.2. The molecule has 3 aromatic rings. The van der Waals surface area contributed by atoms with Crippen molar-refractivity contribution in [2.75, 3.05) is 0 Å². The molecule has 0 amide bonds. The summed E-state index contributed by atoms with van der Waals surface area (Å²) in [4.78, 5) is 0. The van der Waals surface area contributed by atoms with E-state index in [4.69, 9.17) is 0 Å². The molecule has 0 radical (unpaired) electrons. The number of aromatic nitrogens is 3. The molecule has 0 fully saturated rings. The van der Waals surface area contributed by atoms with Crippen molar-refractivity contribution >= 4 is 21.4 Å². The average molecular weight is 273 g/mol. The van der Waals surface area contributed by atoms with Crippen molar-refractivity contribution in [3.05, 3.63) is 47.1 Å². The SMILES string of the molecule is CCC(O)c1cn(Cc2csc3ccccc23)nn1. The lowest BCUT2D eigenvalue weighted by Crippen LogP contribution is -1.99. The Morgan fingerprint density at radius 1 is 1.37 bits per heavy atom. The molecule has 98 valence electrons. The van der Waals surface area contributed by atoms with Crippen LogP contribution in [0.5, 0.6) is 0 Å². The second-order valence-corrected chi connectivity index (χ2v) is 5.43. The summed E-state index contributed by atoms with van der Waals surface area (Å²) >= 11 is 1.74. The number of hydrogen-bond acceptors (Lipinski definition) is 4. The number of thiophene rings is 1. The van der Waals surface area contributed by atoms with E-state index in [9.17, 15) is 5.11 Å². The van der Waals surface area contributed by atoms with Gasteiger partial charge in [0.2, 0.25) is 0 Å². The summed E-state index contributed by atoms with van der Waals surface area (Å²) in [6.45, 7) is 2.61. The van der Waals surface area contributed by atoms with E-state index in [2.05, 4.69) is 27.8 Å². The summed E-state index contributed by atoms with van der Waals surface area (Å²) in [5.74, 6) is 0. The van der Waals surface area contributed by atoms with Crippen LogP contribution in [0.4, 0.5) is 0 Å². The quantitative estimate of drug-likeness (QED) is 0.795. The van der Waals surface area contributed by atoms with Gasteiger partial charge in [-0.25, -0.2) is 4.68 Å². The van der Waals surface area contributed by atoms with E-state index in [0.717, 1.165) is 0 Å². The van der Waals surface area contributed by atoms with Gasteiger partial charge in [-0.1, -0.05) is 30.3 Å². The Kier molecular flexibility index (Phi) is 3.31. The molecule has 0 saturated heterocycles. The zero-order valence-corrected chi connectivity index (χ0v) is 11.5. The smallest absolute Gasteiger partial charge is 0.111 e. The molecule has 0 aliphatic carbocycles. The highest BCUT2D eigenvalue weighted by Crippen LogP contribution is 2.26. The normalized spacial score (nSPS) is 12.9. The lowest BCUT2D eigenvalue weighted by molar-refractivity contribution is 0.168. The molecule has 3 rings (SSSR count). The van der Waals surface area contributed by atoms with Gasteiger partial charge >= 0.3 is 0 Å². The lowest BCUT2D eigenvalue weighted by atomic mass is 10.2. The summed E-state index contributed by atoms with van der Waals surface area (Å²) in [6, 6.07) is 8.34. The molecule has 2 heterocycles. The molecule has 0 spiro atoms. The molecule has 4 nitrogen and oxygen atoms in total. The summed E-state index contributed by atoms with van der Waals surface area (Å²) in [5, 5.41) is 21.2. The fourth-order valence-corrected chi connectivity index (χ4v) is 3.04. The number of nitrogens with zero attached hydrogens (tertiary/aromatic N) is 3. The second-order valence-electron chi connectivity index (χ2n) is 4.52. The van der Waals surface area contributed by atoms with E-state index < -0.39 is 6.10 Å². The molecule has 1 atom stereocenters. The fourth-order valence-electron chi connectivity index (χ4n) is 2.08. The van der Waals surface area contributed by atoms with Crippen LogP contribution in [-0.2, 0) is 6.54 Å². The van der Waals surface area contributed by atoms with Gasteiger partial charge in [0.25, 0.3) is 0 Å². The second kappa shape index (κ2) is 5.11. The Balaban J connectivity index is 1.87.